The van der Waals surface area contributed by atoms with Crippen molar-refractivity contribution >= 4 is 39.6 Å². The van der Waals surface area contributed by atoms with Crippen LogP contribution in [0.15, 0.2) is 46.0 Å². The van der Waals surface area contributed by atoms with Crippen molar-refractivity contribution in [3.63, 3.8) is 0 Å². The molecule has 1 aromatic carbocycles. The second-order valence-electron chi connectivity index (χ2n) is 8.37. The molecule has 0 saturated carbocycles. The number of aromatic nitrogens is 1. The molecule has 2 aromatic rings. The number of carbonyl (C=O) groups is 2. The number of pyridine rings is 1. The van der Waals surface area contributed by atoms with E-state index in [9.17, 15) is 9.59 Å². The summed E-state index contributed by atoms with van der Waals surface area (Å²) in [4.78, 5) is 32.3. The first-order chi connectivity index (χ1) is 14.2. The van der Waals surface area contributed by atoms with E-state index in [1.165, 1.54) is 0 Å². The number of hydrogen-bond acceptors (Lipinski definition) is 5. The molecule has 2 heterocycles. The number of carbonyl (C=O) groups excluding carboxylic acids is 1. The lowest BCUT2D eigenvalue weighted by atomic mass is 9.65. The van der Waals surface area contributed by atoms with Gasteiger partial charge in [0, 0.05) is 16.4 Å². The molecule has 1 atom stereocenters. The molecular formula is C21H21BrN4O4. The van der Waals surface area contributed by atoms with Gasteiger partial charge in [0.2, 0.25) is 0 Å². The van der Waals surface area contributed by atoms with Crippen LogP contribution in [0, 0.1) is 5.41 Å². The van der Waals surface area contributed by atoms with Crippen molar-refractivity contribution in [1.82, 2.24) is 10.3 Å². The van der Waals surface area contributed by atoms with E-state index >= 15 is 0 Å². The minimum absolute atomic E-state index is 0.000323. The van der Waals surface area contributed by atoms with Crippen LogP contribution in [0.5, 0.6) is 0 Å². The lowest BCUT2D eigenvalue weighted by Gasteiger charge is -2.41. The van der Waals surface area contributed by atoms with Crippen LogP contribution >= 0.6 is 15.9 Å². The van der Waals surface area contributed by atoms with E-state index in [-0.39, 0.29) is 24.0 Å². The molecule has 4 rings (SSSR count). The van der Waals surface area contributed by atoms with Gasteiger partial charge in [-0.3, -0.25) is 4.79 Å². The molecule has 1 unspecified atom stereocenters. The highest BCUT2D eigenvalue weighted by molar-refractivity contribution is 9.10. The number of benzene rings is 1. The topological polar surface area (TPSA) is 113 Å². The van der Waals surface area contributed by atoms with E-state index in [1.54, 1.807) is 18.3 Å². The number of halogens is 1. The Hall–Kier alpha value is -2.94. The van der Waals surface area contributed by atoms with E-state index in [0.29, 0.717) is 17.8 Å². The normalized spacial score (nSPS) is 21.4. The number of hydrogen-bond donors (Lipinski definition) is 3. The fraction of sp³-hybridized carbons (Fsp3) is 0.333. The van der Waals surface area contributed by atoms with Gasteiger partial charge in [0.05, 0.1) is 0 Å². The number of ether oxygens (including phenoxy) is 1. The van der Waals surface area contributed by atoms with Crippen molar-refractivity contribution in [3.8, 4) is 0 Å². The number of aliphatic imine (C=N–C) groups is 1. The van der Waals surface area contributed by atoms with Crippen LogP contribution in [0.25, 0.3) is 0 Å². The molecule has 1 aromatic heterocycles. The van der Waals surface area contributed by atoms with Gasteiger partial charge in [-0.25, -0.2) is 20.1 Å². The summed E-state index contributed by atoms with van der Waals surface area (Å²) < 4.78 is 6.36. The average molecular weight is 473 g/mol. The number of amides is 2. The Morgan fingerprint density at radius 1 is 1.20 bits per heavy atom. The van der Waals surface area contributed by atoms with Gasteiger partial charge in [0.15, 0.2) is 0 Å². The molecule has 3 N–H and O–H groups in total. The van der Waals surface area contributed by atoms with Gasteiger partial charge in [-0.05, 0) is 69.6 Å². The van der Waals surface area contributed by atoms with E-state index in [1.807, 2.05) is 18.2 Å². The first-order valence-electron chi connectivity index (χ1n) is 9.45. The summed E-state index contributed by atoms with van der Waals surface area (Å²) in [5.74, 6) is -0.313. The number of anilines is 1. The van der Waals surface area contributed by atoms with Gasteiger partial charge < -0.3 is 15.2 Å². The lowest BCUT2D eigenvalue weighted by molar-refractivity contribution is 0.102. The Balaban J connectivity index is 1.67. The highest BCUT2D eigenvalue weighted by atomic mass is 79.9. The van der Waals surface area contributed by atoms with E-state index < -0.39 is 11.6 Å². The molecular weight excluding hydrogens is 452 g/mol. The summed E-state index contributed by atoms with van der Waals surface area (Å²) in [6.07, 6.45) is 1.90. The number of carboxylic acid groups (broad SMARTS) is 1. The smallest absolute Gasteiger partial charge is 0.412 e. The van der Waals surface area contributed by atoms with Crippen LogP contribution in [0.1, 0.15) is 41.9 Å². The van der Waals surface area contributed by atoms with Crippen LogP contribution in [0.4, 0.5) is 10.5 Å². The zero-order valence-electron chi connectivity index (χ0n) is 16.5. The van der Waals surface area contributed by atoms with Crippen LogP contribution in [-0.2, 0) is 16.7 Å². The summed E-state index contributed by atoms with van der Waals surface area (Å²) >= 11 is 3.31. The minimum Gasteiger partial charge on any atom is -0.465 e. The molecule has 1 spiro atoms. The van der Waals surface area contributed by atoms with E-state index in [4.69, 9.17) is 9.84 Å². The maximum absolute atomic E-state index is 12.6. The molecule has 30 heavy (non-hydrogen) atoms. The average Bonchev–Trinajstić information content (AvgIpc) is 3.04. The van der Waals surface area contributed by atoms with Gasteiger partial charge in [0.1, 0.15) is 17.8 Å². The van der Waals surface area contributed by atoms with Crippen molar-refractivity contribution in [1.29, 1.82) is 0 Å². The number of nitrogens with one attached hydrogen (secondary N) is 2. The fourth-order valence-corrected chi connectivity index (χ4v) is 4.48. The van der Waals surface area contributed by atoms with Crippen LogP contribution in [0.3, 0.4) is 0 Å². The van der Waals surface area contributed by atoms with E-state index in [0.717, 1.165) is 22.0 Å². The predicted molar refractivity (Wildman–Crippen MR) is 115 cm³/mol. The molecule has 0 radical (unpaired) electrons. The van der Waals surface area contributed by atoms with Gasteiger partial charge in [0.25, 0.3) is 11.9 Å². The Kier molecular flexibility index (Phi) is 5.01. The zero-order chi connectivity index (χ0) is 21.5. The predicted octanol–water partition coefficient (Wildman–Crippen LogP) is 3.92. The zero-order valence-corrected chi connectivity index (χ0v) is 18.1. The monoisotopic (exact) mass is 472 g/mol. The third kappa shape index (κ3) is 4.02. The molecule has 1 aliphatic carbocycles. The molecule has 8 nitrogen and oxygen atoms in total. The van der Waals surface area contributed by atoms with Gasteiger partial charge in [-0.15, -0.1) is 0 Å². The molecule has 0 bridgehead atoms. The summed E-state index contributed by atoms with van der Waals surface area (Å²) in [5, 5.41) is 14.1. The third-order valence-corrected chi connectivity index (χ3v) is 5.72. The number of fused-ring (bicyclic) bond motifs is 2. The molecule has 9 heteroatoms. The SMILES string of the molecule is CC1(C)Cc2ccc(NC(=O)c3ccc(Br)cn3)cc2C2(COC(NC(=O)O)=N2)C1. The molecule has 0 fully saturated rings. The van der Waals surface area contributed by atoms with Crippen molar-refractivity contribution < 1.29 is 19.4 Å². The number of amidine groups is 1. The summed E-state index contributed by atoms with van der Waals surface area (Å²) in [7, 11) is 0. The first-order valence-corrected chi connectivity index (χ1v) is 10.2. The molecule has 1 aliphatic heterocycles. The standard InChI is InChI=1S/C21H21BrN4O4/c1-20(2)8-12-3-5-14(24-17(27)16-6-4-13(22)9-23-16)7-15(12)21(10-20)11-30-18(26-21)25-19(28)29/h3-7,9H,8,10-11H2,1-2H3,(H,24,27)(H,25,26)(H,28,29). The quantitative estimate of drug-likeness (QED) is 0.612. The molecule has 156 valence electrons. The van der Waals surface area contributed by atoms with Gasteiger partial charge in [-0.2, -0.15) is 0 Å². The first kappa shape index (κ1) is 20.3. The molecule has 0 saturated heterocycles. The van der Waals surface area contributed by atoms with E-state index in [2.05, 4.69) is 50.4 Å². The largest absolute Gasteiger partial charge is 0.465 e. The van der Waals surface area contributed by atoms with Crippen molar-refractivity contribution in [2.75, 3.05) is 11.9 Å². The third-order valence-electron chi connectivity index (χ3n) is 5.25. The van der Waals surface area contributed by atoms with Crippen molar-refractivity contribution in [2.24, 2.45) is 10.4 Å². The number of rotatable bonds is 2. The molecule has 2 amide bonds. The van der Waals surface area contributed by atoms with Crippen molar-refractivity contribution in [3.05, 3.63) is 57.8 Å². The Bertz CT molecular complexity index is 1050. The van der Waals surface area contributed by atoms with Crippen LogP contribution in [0.2, 0.25) is 0 Å². The maximum atomic E-state index is 12.6. The Morgan fingerprint density at radius 3 is 2.70 bits per heavy atom. The summed E-state index contributed by atoms with van der Waals surface area (Å²) in [5.41, 5.74) is 2.23. The lowest BCUT2D eigenvalue weighted by Crippen LogP contribution is -2.39. The molecule has 2 aliphatic rings. The van der Waals surface area contributed by atoms with Gasteiger partial charge in [-0.1, -0.05) is 19.9 Å². The number of nitrogens with zero attached hydrogens (tertiary/aromatic N) is 2. The van der Waals surface area contributed by atoms with Gasteiger partial charge >= 0.3 is 6.09 Å². The van der Waals surface area contributed by atoms with Crippen molar-refractivity contribution in [2.45, 2.75) is 32.2 Å². The maximum Gasteiger partial charge on any atom is 0.412 e. The summed E-state index contributed by atoms with van der Waals surface area (Å²) in [6.45, 7) is 4.56. The highest BCUT2D eigenvalue weighted by Crippen LogP contribution is 2.49. The Morgan fingerprint density at radius 2 is 2.00 bits per heavy atom. The van der Waals surface area contributed by atoms with Crippen LogP contribution in [-0.4, -0.2) is 34.7 Å². The highest BCUT2D eigenvalue weighted by Gasteiger charge is 2.48. The Labute approximate surface area is 181 Å². The fourth-order valence-electron chi connectivity index (χ4n) is 4.24. The summed E-state index contributed by atoms with van der Waals surface area (Å²) in [6, 6.07) is 9.15. The second-order valence-corrected chi connectivity index (χ2v) is 9.29. The second kappa shape index (κ2) is 7.39. The minimum atomic E-state index is -1.22. The van der Waals surface area contributed by atoms with Crippen LogP contribution < -0.4 is 10.6 Å².